The van der Waals surface area contributed by atoms with Crippen LogP contribution >= 0.6 is 11.8 Å². The molecule has 0 aliphatic heterocycles. The van der Waals surface area contributed by atoms with E-state index in [-0.39, 0.29) is 11.4 Å². The Balaban J connectivity index is 2.37. The maximum atomic E-state index is 9.43. The molecule has 1 heterocycles. The Morgan fingerprint density at radius 3 is 2.78 bits per heavy atom. The Labute approximate surface area is 113 Å². The van der Waals surface area contributed by atoms with Crippen molar-refractivity contribution in [2.24, 2.45) is 0 Å². The normalized spacial score (nSPS) is 14.4. The first-order valence-corrected chi connectivity index (χ1v) is 7.00. The molecule has 1 aromatic heterocycles. The third-order valence-corrected chi connectivity index (χ3v) is 3.84. The highest BCUT2D eigenvalue weighted by atomic mass is 32.2. The molecule has 0 aliphatic carbocycles. The molecule has 0 saturated carbocycles. The summed E-state index contributed by atoms with van der Waals surface area (Å²) in [6.45, 7) is 6.15. The Hall–Kier alpha value is -0.620. The Kier molecular flexibility index (Phi) is 7.27. The SMILES string of the molecule is COCCNCc1ccc(SC(C)C(C)O)nc1. The second kappa shape index (κ2) is 8.48. The number of aromatic nitrogens is 1. The van der Waals surface area contributed by atoms with Crippen molar-refractivity contribution in [2.45, 2.75) is 36.8 Å². The first kappa shape index (κ1) is 15.4. The molecular formula is C13H22N2O2S. The van der Waals surface area contributed by atoms with Crippen molar-refractivity contribution in [3.05, 3.63) is 23.9 Å². The fourth-order valence-corrected chi connectivity index (χ4v) is 2.12. The minimum atomic E-state index is -0.327. The van der Waals surface area contributed by atoms with Crippen molar-refractivity contribution < 1.29 is 9.84 Å². The second-order valence-electron chi connectivity index (χ2n) is 4.24. The molecule has 1 aromatic rings. The van der Waals surface area contributed by atoms with Crippen LogP contribution in [0.25, 0.3) is 0 Å². The Morgan fingerprint density at radius 2 is 2.22 bits per heavy atom. The number of hydrogen-bond acceptors (Lipinski definition) is 5. The Bertz CT molecular complexity index is 330. The predicted octanol–water partition coefficient (Wildman–Crippen LogP) is 1.68. The molecule has 0 fully saturated rings. The van der Waals surface area contributed by atoms with Gasteiger partial charge in [-0.15, -0.1) is 11.8 Å². The number of aliphatic hydroxyl groups is 1. The summed E-state index contributed by atoms with van der Waals surface area (Å²) in [5.74, 6) is 0. The molecule has 0 amide bonds. The van der Waals surface area contributed by atoms with E-state index in [2.05, 4.69) is 16.4 Å². The minimum absolute atomic E-state index is 0.156. The quantitative estimate of drug-likeness (QED) is 0.556. The third-order valence-electron chi connectivity index (χ3n) is 2.60. The number of nitrogens with zero attached hydrogens (tertiary/aromatic N) is 1. The lowest BCUT2D eigenvalue weighted by atomic mass is 10.3. The number of ether oxygens (including phenoxy) is 1. The van der Waals surface area contributed by atoms with Gasteiger partial charge >= 0.3 is 0 Å². The molecule has 0 aliphatic rings. The largest absolute Gasteiger partial charge is 0.392 e. The molecule has 18 heavy (non-hydrogen) atoms. The highest BCUT2D eigenvalue weighted by molar-refractivity contribution is 7.99. The van der Waals surface area contributed by atoms with E-state index in [0.29, 0.717) is 6.61 Å². The predicted molar refractivity (Wildman–Crippen MR) is 74.8 cm³/mol. The van der Waals surface area contributed by atoms with Crippen LogP contribution in [0.4, 0.5) is 0 Å². The fourth-order valence-electron chi connectivity index (χ4n) is 1.28. The summed E-state index contributed by atoms with van der Waals surface area (Å²) in [4.78, 5) is 4.38. The zero-order valence-electron chi connectivity index (χ0n) is 11.2. The van der Waals surface area contributed by atoms with Gasteiger partial charge in [-0.1, -0.05) is 13.0 Å². The van der Waals surface area contributed by atoms with E-state index in [1.54, 1.807) is 25.8 Å². The van der Waals surface area contributed by atoms with Gasteiger partial charge in [-0.05, 0) is 18.6 Å². The maximum Gasteiger partial charge on any atom is 0.0963 e. The monoisotopic (exact) mass is 270 g/mol. The number of hydrogen-bond donors (Lipinski definition) is 2. The van der Waals surface area contributed by atoms with Gasteiger partial charge in [-0.3, -0.25) is 0 Å². The zero-order chi connectivity index (χ0) is 13.4. The van der Waals surface area contributed by atoms with Crippen LogP contribution in [0.2, 0.25) is 0 Å². The summed E-state index contributed by atoms with van der Waals surface area (Å²) in [7, 11) is 1.69. The Morgan fingerprint density at radius 1 is 1.44 bits per heavy atom. The van der Waals surface area contributed by atoms with Crippen LogP contribution < -0.4 is 5.32 Å². The van der Waals surface area contributed by atoms with Gasteiger partial charge in [0.05, 0.1) is 17.7 Å². The summed E-state index contributed by atoms with van der Waals surface area (Å²) in [5, 5.41) is 13.8. The number of rotatable bonds is 8. The molecule has 2 unspecified atom stereocenters. The van der Waals surface area contributed by atoms with Crippen molar-refractivity contribution in [1.29, 1.82) is 0 Å². The first-order chi connectivity index (χ1) is 8.63. The number of pyridine rings is 1. The third kappa shape index (κ3) is 5.82. The van der Waals surface area contributed by atoms with Gasteiger partial charge in [0.25, 0.3) is 0 Å². The van der Waals surface area contributed by atoms with Gasteiger partial charge in [0.1, 0.15) is 0 Å². The van der Waals surface area contributed by atoms with Gasteiger partial charge in [0.15, 0.2) is 0 Å². The van der Waals surface area contributed by atoms with Crippen LogP contribution in [-0.4, -0.2) is 41.7 Å². The minimum Gasteiger partial charge on any atom is -0.392 e. The zero-order valence-corrected chi connectivity index (χ0v) is 12.0. The van der Waals surface area contributed by atoms with Crippen molar-refractivity contribution in [2.75, 3.05) is 20.3 Å². The average molecular weight is 270 g/mol. The van der Waals surface area contributed by atoms with E-state index < -0.39 is 0 Å². The van der Waals surface area contributed by atoms with Gasteiger partial charge in [-0.2, -0.15) is 0 Å². The molecular weight excluding hydrogens is 248 g/mol. The molecule has 1 rings (SSSR count). The average Bonchev–Trinajstić information content (AvgIpc) is 2.36. The molecule has 0 spiro atoms. The maximum absolute atomic E-state index is 9.43. The lowest BCUT2D eigenvalue weighted by molar-refractivity contribution is 0.196. The molecule has 0 aromatic carbocycles. The molecule has 0 radical (unpaired) electrons. The smallest absolute Gasteiger partial charge is 0.0963 e. The molecule has 2 atom stereocenters. The van der Waals surface area contributed by atoms with E-state index in [9.17, 15) is 5.11 Å². The summed E-state index contributed by atoms with van der Waals surface area (Å²) in [6.07, 6.45) is 1.55. The molecule has 5 heteroatoms. The van der Waals surface area contributed by atoms with Crippen LogP contribution in [-0.2, 0) is 11.3 Å². The topological polar surface area (TPSA) is 54.4 Å². The lowest BCUT2D eigenvalue weighted by Gasteiger charge is -2.13. The van der Waals surface area contributed by atoms with Gasteiger partial charge in [0, 0.05) is 31.6 Å². The van der Waals surface area contributed by atoms with Crippen LogP contribution in [0.5, 0.6) is 0 Å². The number of methoxy groups -OCH3 is 1. The van der Waals surface area contributed by atoms with Crippen molar-refractivity contribution >= 4 is 11.8 Å². The lowest BCUT2D eigenvalue weighted by Crippen LogP contribution is -2.18. The molecule has 0 bridgehead atoms. The summed E-state index contributed by atoms with van der Waals surface area (Å²) < 4.78 is 4.96. The highest BCUT2D eigenvalue weighted by Gasteiger charge is 2.10. The van der Waals surface area contributed by atoms with Crippen molar-refractivity contribution in [3.8, 4) is 0 Å². The molecule has 102 valence electrons. The number of thioether (sulfide) groups is 1. The van der Waals surface area contributed by atoms with Crippen molar-refractivity contribution in [1.82, 2.24) is 10.3 Å². The van der Waals surface area contributed by atoms with E-state index in [1.807, 2.05) is 19.2 Å². The standard InChI is InChI=1S/C13H22N2O2S/c1-10(16)11(2)18-13-5-4-12(9-15-13)8-14-6-7-17-3/h4-5,9-11,14,16H,6-8H2,1-3H3. The second-order valence-corrected chi connectivity index (χ2v) is 5.64. The van der Waals surface area contributed by atoms with E-state index in [1.165, 1.54) is 0 Å². The fraction of sp³-hybridized carbons (Fsp3) is 0.615. The summed E-state index contributed by atoms with van der Waals surface area (Å²) in [6, 6.07) is 4.06. The van der Waals surface area contributed by atoms with Crippen molar-refractivity contribution in [3.63, 3.8) is 0 Å². The number of aliphatic hydroxyl groups excluding tert-OH is 1. The van der Waals surface area contributed by atoms with Gasteiger partial charge < -0.3 is 15.2 Å². The van der Waals surface area contributed by atoms with Crippen LogP contribution in [0.1, 0.15) is 19.4 Å². The van der Waals surface area contributed by atoms with E-state index >= 15 is 0 Å². The van der Waals surface area contributed by atoms with E-state index in [0.717, 1.165) is 23.7 Å². The van der Waals surface area contributed by atoms with Crippen LogP contribution in [0.15, 0.2) is 23.4 Å². The first-order valence-electron chi connectivity index (χ1n) is 6.12. The molecule has 4 nitrogen and oxygen atoms in total. The van der Waals surface area contributed by atoms with Gasteiger partial charge in [-0.25, -0.2) is 4.98 Å². The van der Waals surface area contributed by atoms with E-state index in [4.69, 9.17) is 4.74 Å². The summed E-state index contributed by atoms with van der Waals surface area (Å²) in [5.41, 5.74) is 1.15. The molecule has 2 N–H and O–H groups in total. The molecule has 0 saturated heterocycles. The highest BCUT2D eigenvalue weighted by Crippen LogP contribution is 2.23. The van der Waals surface area contributed by atoms with Crippen LogP contribution in [0, 0.1) is 0 Å². The van der Waals surface area contributed by atoms with Crippen LogP contribution in [0.3, 0.4) is 0 Å². The summed E-state index contributed by atoms with van der Waals surface area (Å²) >= 11 is 1.59. The van der Waals surface area contributed by atoms with Gasteiger partial charge in [0.2, 0.25) is 0 Å². The number of nitrogens with one attached hydrogen (secondary N) is 1.